The van der Waals surface area contributed by atoms with Gasteiger partial charge >= 0.3 is 5.97 Å². The van der Waals surface area contributed by atoms with Crippen molar-refractivity contribution in [3.8, 4) is 0 Å². The van der Waals surface area contributed by atoms with Crippen LogP contribution in [0.1, 0.15) is 25.3 Å². The molecule has 0 aromatic heterocycles. The molecular weight excluding hydrogens is 268 g/mol. The topological polar surface area (TPSA) is 59.8 Å². The minimum absolute atomic E-state index is 0.0550. The second-order valence-corrected chi connectivity index (χ2v) is 5.34. The van der Waals surface area contributed by atoms with Gasteiger partial charge in [-0.25, -0.2) is 0 Å². The lowest BCUT2D eigenvalue weighted by molar-refractivity contribution is -0.930. The quantitative estimate of drug-likeness (QED) is 0.720. The Kier molecular flexibility index (Phi) is 5.75. The SMILES string of the molecule is CCCOC(=O)C[C@H]1C(=O)NCC[NH+]1Cc1ccccc1. The number of quaternary nitrogens is 1. The van der Waals surface area contributed by atoms with E-state index in [1.807, 2.05) is 37.3 Å². The lowest BCUT2D eigenvalue weighted by Gasteiger charge is -2.31. The largest absolute Gasteiger partial charge is 0.466 e. The number of nitrogens with one attached hydrogen (secondary N) is 2. The highest BCUT2D eigenvalue weighted by Gasteiger charge is 2.35. The number of piperazine rings is 1. The Morgan fingerprint density at radius 1 is 1.38 bits per heavy atom. The van der Waals surface area contributed by atoms with E-state index in [2.05, 4.69) is 5.32 Å². The van der Waals surface area contributed by atoms with E-state index in [9.17, 15) is 9.59 Å². The van der Waals surface area contributed by atoms with Crippen molar-refractivity contribution in [1.82, 2.24) is 5.32 Å². The van der Waals surface area contributed by atoms with Gasteiger partial charge in [-0.1, -0.05) is 37.3 Å². The third-order valence-corrected chi connectivity index (χ3v) is 3.67. The van der Waals surface area contributed by atoms with E-state index in [0.29, 0.717) is 13.2 Å². The van der Waals surface area contributed by atoms with Gasteiger partial charge in [-0.15, -0.1) is 0 Å². The number of hydrogen-bond donors (Lipinski definition) is 2. The van der Waals surface area contributed by atoms with Crippen LogP contribution in [0.15, 0.2) is 30.3 Å². The summed E-state index contributed by atoms with van der Waals surface area (Å²) in [6.45, 7) is 4.60. The van der Waals surface area contributed by atoms with Crippen LogP contribution in [0.25, 0.3) is 0 Å². The third kappa shape index (κ3) is 4.56. The van der Waals surface area contributed by atoms with Crippen LogP contribution < -0.4 is 10.2 Å². The summed E-state index contributed by atoms with van der Waals surface area (Å²) in [6.07, 6.45) is 0.942. The highest BCUT2D eigenvalue weighted by Crippen LogP contribution is 2.00. The van der Waals surface area contributed by atoms with Crippen LogP contribution in [0.4, 0.5) is 0 Å². The minimum atomic E-state index is -0.358. The minimum Gasteiger partial charge on any atom is -0.466 e. The van der Waals surface area contributed by atoms with Crippen LogP contribution in [0, 0.1) is 0 Å². The van der Waals surface area contributed by atoms with Gasteiger partial charge in [0.1, 0.15) is 13.0 Å². The highest BCUT2D eigenvalue weighted by atomic mass is 16.5. The second kappa shape index (κ2) is 7.78. The highest BCUT2D eigenvalue weighted by molar-refractivity contribution is 5.85. The van der Waals surface area contributed by atoms with Gasteiger partial charge in [-0.2, -0.15) is 0 Å². The molecule has 1 aliphatic heterocycles. The molecule has 21 heavy (non-hydrogen) atoms. The molecule has 1 aromatic carbocycles. The average Bonchev–Trinajstić information content (AvgIpc) is 2.50. The van der Waals surface area contributed by atoms with Crippen molar-refractivity contribution in [2.75, 3.05) is 19.7 Å². The molecule has 2 N–H and O–H groups in total. The van der Waals surface area contributed by atoms with Crippen LogP contribution in [0.5, 0.6) is 0 Å². The summed E-state index contributed by atoms with van der Waals surface area (Å²) in [6, 6.07) is 9.69. The molecule has 0 aliphatic carbocycles. The van der Waals surface area contributed by atoms with Crippen molar-refractivity contribution in [1.29, 1.82) is 0 Å². The molecule has 0 spiro atoms. The molecule has 5 nitrogen and oxygen atoms in total. The summed E-state index contributed by atoms with van der Waals surface area (Å²) >= 11 is 0. The predicted molar refractivity (Wildman–Crippen MR) is 78.6 cm³/mol. The van der Waals surface area contributed by atoms with Crippen molar-refractivity contribution in [3.63, 3.8) is 0 Å². The Hall–Kier alpha value is -1.88. The molecule has 1 saturated heterocycles. The zero-order chi connectivity index (χ0) is 15.1. The molecule has 1 heterocycles. The Balaban J connectivity index is 1.99. The molecule has 5 heteroatoms. The standard InChI is InChI=1S/C16H22N2O3/c1-2-10-21-15(19)11-14-16(20)17-8-9-18(14)12-13-6-4-3-5-7-13/h3-7,14H,2,8-12H2,1H3,(H,17,20)/p+1/t14-/m0/s1. The lowest BCUT2D eigenvalue weighted by atomic mass is 10.1. The average molecular weight is 291 g/mol. The van der Waals surface area contributed by atoms with Gasteiger partial charge < -0.3 is 15.0 Å². The number of benzene rings is 1. The molecule has 1 aliphatic rings. The van der Waals surface area contributed by atoms with Crippen LogP contribution in [-0.4, -0.2) is 37.6 Å². The fourth-order valence-electron chi connectivity index (χ4n) is 2.58. The van der Waals surface area contributed by atoms with Gasteiger partial charge in [0.2, 0.25) is 0 Å². The molecule has 2 rings (SSSR count). The monoisotopic (exact) mass is 291 g/mol. The predicted octanol–water partition coefficient (Wildman–Crippen LogP) is -0.0868. The number of ether oxygens (including phenoxy) is 1. The summed E-state index contributed by atoms with van der Waals surface area (Å²) in [4.78, 5) is 25.0. The van der Waals surface area contributed by atoms with Crippen LogP contribution in [0.3, 0.4) is 0 Å². The Morgan fingerprint density at radius 3 is 2.86 bits per heavy atom. The molecule has 114 valence electrons. The third-order valence-electron chi connectivity index (χ3n) is 3.67. The van der Waals surface area contributed by atoms with Gasteiger partial charge in [0.15, 0.2) is 6.04 Å². The van der Waals surface area contributed by atoms with Gasteiger partial charge in [-0.05, 0) is 6.42 Å². The summed E-state index contributed by atoms with van der Waals surface area (Å²) < 4.78 is 5.11. The maximum absolute atomic E-state index is 12.1. The first-order valence-electron chi connectivity index (χ1n) is 7.52. The zero-order valence-electron chi connectivity index (χ0n) is 12.4. The van der Waals surface area contributed by atoms with Gasteiger partial charge in [0.05, 0.1) is 19.7 Å². The zero-order valence-corrected chi connectivity index (χ0v) is 12.4. The van der Waals surface area contributed by atoms with Crippen molar-refractivity contribution < 1.29 is 19.2 Å². The van der Waals surface area contributed by atoms with Crippen molar-refractivity contribution in [2.24, 2.45) is 0 Å². The molecule has 1 unspecified atom stereocenters. The van der Waals surface area contributed by atoms with E-state index in [4.69, 9.17) is 4.74 Å². The fraction of sp³-hybridized carbons (Fsp3) is 0.500. The fourth-order valence-corrected chi connectivity index (χ4v) is 2.58. The molecule has 1 aromatic rings. The molecule has 2 atom stereocenters. The maximum Gasteiger partial charge on any atom is 0.312 e. The number of hydrogen-bond acceptors (Lipinski definition) is 3. The van der Waals surface area contributed by atoms with E-state index >= 15 is 0 Å². The number of esters is 1. The lowest BCUT2D eigenvalue weighted by Crippen LogP contribution is -3.18. The second-order valence-electron chi connectivity index (χ2n) is 5.34. The maximum atomic E-state index is 12.1. The Bertz CT molecular complexity index is 476. The Morgan fingerprint density at radius 2 is 2.14 bits per heavy atom. The first-order chi connectivity index (χ1) is 10.2. The molecule has 0 bridgehead atoms. The smallest absolute Gasteiger partial charge is 0.312 e. The van der Waals surface area contributed by atoms with Crippen LogP contribution in [-0.2, 0) is 20.9 Å². The van der Waals surface area contributed by atoms with E-state index in [0.717, 1.165) is 24.4 Å². The molecule has 0 radical (unpaired) electrons. The number of carbonyl (C=O) groups is 2. The first-order valence-corrected chi connectivity index (χ1v) is 7.52. The Labute approximate surface area is 125 Å². The van der Waals surface area contributed by atoms with E-state index in [1.54, 1.807) is 0 Å². The number of rotatable bonds is 6. The molecule has 1 fully saturated rings. The van der Waals surface area contributed by atoms with Crippen molar-refractivity contribution in [3.05, 3.63) is 35.9 Å². The van der Waals surface area contributed by atoms with Gasteiger partial charge in [-0.3, -0.25) is 9.59 Å². The summed E-state index contributed by atoms with van der Waals surface area (Å²) in [5, 5.41) is 2.84. The molecule has 0 saturated carbocycles. The van der Waals surface area contributed by atoms with Crippen LogP contribution in [0.2, 0.25) is 0 Å². The molecular formula is C16H23N2O3+. The first kappa shape index (κ1) is 15.5. The summed E-state index contributed by atoms with van der Waals surface area (Å²) in [5.41, 5.74) is 1.18. The number of amides is 1. The molecule has 1 amide bonds. The van der Waals surface area contributed by atoms with Gasteiger partial charge in [0, 0.05) is 5.56 Å². The van der Waals surface area contributed by atoms with E-state index in [-0.39, 0.29) is 24.3 Å². The summed E-state index contributed by atoms with van der Waals surface area (Å²) in [7, 11) is 0. The van der Waals surface area contributed by atoms with Crippen molar-refractivity contribution >= 4 is 11.9 Å². The van der Waals surface area contributed by atoms with E-state index < -0.39 is 0 Å². The van der Waals surface area contributed by atoms with Gasteiger partial charge in [0.25, 0.3) is 5.91 Å². The number of carbonyl (C=O) groups excluding carboxylic acids is 2. The summed E-state index contributed by atoms with van der Waals surface area (Å²) in [5.74, 6) is -0.343. The van der Waals surface area contributed by atoms with Crippen molar-refractivity contribution in [2.45, 2.75) is 32.4 Å². The van der Waals surface area contributed by atoms with E-state index in [1.165, 1.54) is 5.56 Å². The van der Waals surface area contributed by atoms with Crippen LogP contribution >= 0.6 is 0 Å². The normalized spacial score (nSPS) is 21.7.